The van der Waals surface area contributed by atoms with E-state index in [4.69, 9.17) is 11.6 Å². The molecular formula is C18H16BrClN2O. The SMILES string of the molecule is CCc1nc2cc(Cl)ccn2c1C(=O)CCc1ccc(Br)cc1. The van der Waals surface area contributed by atoms with Crippen molar-refractivity contribution in [3.05, 3.63) is 69.0 Å². The number of benzene rings is 1. The van der Waals surface area contributed by atoms with Crippen LogP contribution < -0.4 is 0 Å². The third-order valence-electron chi connectivity index (χ3n) is 3.81. The zero-order valence-electron chi connectivity index (χ0n) is 12.7. The van der Waals surface area contributed by atoms with E-state index in [9.17, 15) is 4.79 Å². The second-order valence-corrected chi connectivity index (χ2v) is 6.74. The Labute approximate surface area is 148 Å². The number of carbonyl (C=O) groups excluding carboxylic acids is 1. The van der Waals surface area contributed by atoms with E-state index in [0.717, 1.165) is 34.2 Å². The minimum Gasteiger partial charge on any atom is -0.297 e. The summed E-state index contributed by atoms with van der Waals surface area (Å²) in [6.45, 7) is 2.01. The molecule has 0 spiro atoms. The van der Waals surface area contributed by atoms with Crippen molar-refractivity contribution >= 4 is 39.0 Å². The molecule has 0 amide bonds. The number of aryl methyl sites for hydroxylation is 2. The van der Waals surface area contributed by atoms with E-state index in [2.05, 4.69) is 20.9 Å². The molecule has 3 rings (SSSR count). The van der Waals surface area contributed by atoms with E-state index in [1.165, 1.54) is 0 Å². The first-order chi connectivity index (χ1) is 11.1. The van der Waals surface area contributed by atoms with E-state index in [-0.39, 0.29) is 5.78 Å². The zero-order chi connectivity index (χ0) is 16.4. The lowest BCUT2D eigenvalue weighted by Gasteiger charge is -2.04. The van der Waals surface area contributed by atoms with Crippen LogP contribution in [0.15, 0.2) is 47.1 Å². The van der Waals surface area contributed by atoms with E-state index >= 15 is 0 Å². The Morgan fingerprint density at radius 2 is 2.00 bits per heavy atom. The van der Waals surface area contributed by atoms with Gasteiger partial charge in [-0.05, 0) is 36.6 Å². The summed E-state index contributed by atoms with van der Waals surface area (Å²) in [7, 11) is 0. The number of Topliss-reactive ketones (excluding diaryl/α,β-unsaturated/α-hetero) is 1. The van der Waals surface area contributed by atoms with Crippen molar-refractivity contribution in [1.29, 1.82) is 0 Å². The third-order valence-corrected chi connectivity index (χ3v) is 4.58. The molecule has 2 heterocycles. The molecule has 2 aromatic heterocycles. The van der Waals surface area contributed by atoms with Crippen LogP contribution in [0.1, 0.15) is 35.1 Å². The maximum atomic E-state index is 12.7. The molecule has 0 fully saturated rings. The molecule has 23 heavy (non-hydrogen) atoms. The summed E-state index contributed by atoms with van der Waals surface area (Å²) >= 11 is 9.43. The molecule has 0 aliphatic carbocycles. The van der Waals surface area contributed by atoms with Crippen molar-refractivity contribution in [1.82, 2.24) is 9.38 Å². The van der Waals surface area contributed by atoms with Crippen LogP contribution in [0.25, 0.3) is 5.65 Å². The Hall–Kier alpha value is -1.65. The molecule has 0 unspecified atom stereocenters. The summed E-state index contributed by atoms with van der Waals surface area (Å²) in [5.41, 5.74) is 3.38. The van der Waals surface area contributed by atoms with Gasteiger partial charge in [0, 0.05) is 28.2 Å². The average Bonchev–Trinajstić information content (AvgIpc) is 2.91. The van der Waals surface area contributed by atoms with Gasteiger partial charge in [-0.25, -0.2) is 4.98 Å². The van der Waals surface area contributed by atoms with Gasteiger partial charge in [0.25, 0.3) is 0 Å². The van der Waals surface area contributed by atoms with E-state index in [0.29, 0.717) is 17.1 Å². The van der Waals surface area contributed by atoms with E-state index in [1.54, 1.807) is 12.1 Å². The largest absolute Gasteiger partial charge is 0.297 e. The Bertz CT molecular complexity index is 855. The maximum absolute atomic E-state index is 12.7. The van der Waals surface area contributed by atoms with Crippen molar-refractivity contribution in [2.75, 3.05) is 0 Å². The summed E-state index contributed by atoms with van der Waals surface area (Å²) < 4.78 is 2.88. The van der Waals surface area contributed by atoms with Gasteiger partial charge >= 0.3 is 0 Å². The highest BCUT2D eigenvalue weighted by Gasteiger charge is 2.18. The molecule has 0 saturated carbocycles. The van der Waals surface area contributed by atoms with Gasteiger partial charge in [0.2, 0.25) is 0 Å². The Morgan fingerprint density at radius 3 is 2.70 bits per heavy atom. The number of fused-ring (bicyclic) bond motifs is 1. The van der Waals surface area contributed by atoms with Crippen LogP contribution in [0.3, 0.4) is 0 Å². The van der Waals surface area contributed by atoms with Crippen molar-refractivity contribution in [2.24, 2.45) is 0 Å². The molecule has 0 radical (unpaired) electrons. The molecule has 0 saturated heterocycles. The summed E-state index contributed by atoms with van der Waals surface area (Å²) in [6, 6.07) is 11.6. The van der Waals surface area contributed by atoms with Gasteiger partial charge in [0.1, 0.15) is 11.3 Å². The van der Waals surface area contributed by atoms with Gasteiger partial charge in [-0.2, -0.15) is 0 Å². The topological polar surface area (TPSA) is 34.4 Å². The normalized spacial score (nSPS) is 11.1. The smallest absolute Gasteiger partial charge is 0.181 e. The molecule has 0 bridgehead atoms. The minimum absolute atomic E-state index is 0.111. The van der Waals surface area contributed by atoms with Crippen molar-refractivity contribution < 1.29 is 4.79 Å². The number of hydrogen-bond acceptors (Lipinski definition) is 2. The van der Waals surface area contributed by atoms with Gasteiger partial charge in [0.15, 0.2) is 5.78 Å². The van der Waals surface area contributed by atoms with Gasteiger partial charge in [-0.3, -0.25) is 9.20 Å². The summed E-state index contributed by atoms with van der Waals surface area (Å²) in [6.07, 6.45) is 3.72. The number of nitrogens with zero attached hydrogens (tertiary/aromatic N) is 2. The van der Waals surface area contributed by atoms with Gasteiger partial charge in [-0.1, -0.05) is 46.6 Å². The lowest BCUT2D eigenvalue weighted by atomic mass is 10.0. The maximum Gasteiger partial charge on any atom is 0.181 e. The number of ketones is 1. The highest BCUT2D eigenvalue weighted by molar-refractivity contribution is 9.10. The number of aromatic nitrogens is 2. The van der Waals surface area contributed by atoms with E-state index in [1.807, 2.05) is 41.8 Å². The minimum atomic E-state index is 0.111. The summed E-state index contributed by atoms with van der Waals surface area (Å²) in [4.78, 5) is 17.3. The van der Waals surface area contributed by atoms with Crippen LogP contribution in [0.2, 0.25) is 5.02 Å². The fraction of sp³-hybridized carbons (Fsp3) is 0.222. The van der Waals surface area contributed by atoms with Crippen LogP contribution in [0.5, 0.6) is 0 Å². The molecule has 118 valence electrons. The first kappa shape index (κ1) is 16.2. The molecular weight excluding hydrogens is 376 g/mol. The first-order valence-corrected chi connectivity index (χ1v) is 8.69. The standard InChI is InChI=1S/C18H16BrClN2O/c1-2-15-18(22-10-9-14(20)11-17(22)21-15)16(23)8-5-12-3-6-13(19)7-4-12/h3-4,6-7,9-11H,2,5,8H2,1H3. The summed E-state index contributed by atoms with van der Waals surface area (Å²) in [5.74, 6) is 0.111. The van der Waals surface area contributed by atoms with Crippen LogP contribution in [0.4, 0.5) is 0 Å². The highest BCUT2D eigenvalue weighted by Crippen LogP contribution is 2.20. The number of rotatable bonds is 5. The second kappa shape index (κ2) is 6.85. The first-order valence-electron chi connectivity index (χ1n) is 7.52. The Morgan fingerprint density at radius 1 is 1.26 bits per heavy atom. The van der Waals surface area contributed by atoms with Crippen LogP contribution in [-0.2, 0) is 12.8 Å². The van der Waals surface area contributed by atoms with Crippen LogP contribution in [0, 0.1) is 0 Å². The number of pyridine rings is 1. The van der Waals surface area contributed by atoms with Crippen molar-refractivity contribution in [2.45, 2.75) is 26.2 Å². The predicted octanol–water partition coefficient (Wildman–Crippen LogP) is 5.13. The molecule has 0 aliphatic rings. The summed E-state index contributed by atoms with van der Waals surface area (Å²) in [5, 5.41) is 0.624. The molecule has 0 aliphatic heterocycles. The monoisotopic (exact) mass is 390 g/mol. The lowest BCUT2D eigenvalue weighted by molar-refractivity contribution is 0.0976. The van der Waals surface area contributed by atoms with Crippen LogP contribution >= 0.6 is 27.5 Å². The van der Waals surface area contributed by atoms with Crippen LogP contribution in [-0.4, -0.2) is 15.2 Å². The average molecular weight is 392 g/mol. The fourth-order valence-corrected chi connectivity index (χ4v) is 3.06. The van der Waals surface area contributed by atoms with Gasteiger partial charge in [-0.15, -0.1) is 0 Å². The highest BCUT2D eigenvalue weighted by atomic mass is 79.9. The predicted molar refractivity (Wildman–Crippen MR) is 96.4 cm³/mol. The van der Waals surface area contributed by atoms with Crippen molar-refractivity contribution in [3.63, 3.8) is 0 Å². The molecule has 3 nitrogen and oxygen atoms in total. The lowest BCUT2D eigenvalue weighted by Crippen LogP contribution is -2.07. The van der Waals surface area contributed by atoms with Gasteiger partial charge < -0.3 is 0 Å². The van der Waals surface area contributed by atoms with E-state index < -0.39 is 0 Å². The molecule has 3 aromatic rings. The second-order valence-electron chi connectivity index (χ2n) is 5.38. The molecule has 5 heteroatoms. The molecule has 1 aromatic carbocycles. The van der Waals surface area contributed by atoms with Crippen molar-refractivity contribution in [3.8, 4) is 0 Å². The Kier molecular flexibility index (Phi) is 4.83. The number of halogens is 2. The number of hydrogen-bond donors (Lipinski definition) is 0. The molecule has 0 atom stereocenters. The quantitative estimate of drug-likeness (QED) is 0.565. The Balaban J connectivity index is 1.86. The number of imidazole rings is 1. The van der Waals surface area contributed by atoms with Gasteiger partial charge in [0.05, 0.1) is 5.69 Å². The fourth-order valence-electron chi connectivity index (χ4n) is 2.64. The molecule has 0 N–H and O–H groups in total. The number of carbonyl (C=O) groups is 1. The third kappa shape index (κ3) is 3.48. The zero-order valence-corrected chi connectivity index (χ0v) is 15.1.